The smallest absolute Gasteiger partial charge is 0.274 e. The Kier molecular flexibility index (Phi) is 4.57. The lowest BCUT2D eigenvalue weighted by molar-refractivity contribution is 0.0953. The van der Waals surface area contributed by atoms with Crippen LogP contribution in [-0.2, 0) is 0 Å². The van der Waals surface area contributed by atoms with E-state index in [4.69, 9.17) is 4.42 Å². The SMILES string of the molecule is Cc1cc(C(=O)NN=C(c2ccccc2)c2ccccc2)c(C)o1. The van der Waals surface area contributed by atoms with Crippen LogP contribution in [0.25, 0.3) is 0 Å². The molecule has 120 valence electrons. The fraction of sp³-hybridized carbons (Fsp3) is 0.100. The topological polar surface area (TPSA) is 54.6 Å². The Morgan fingerprint density at radius 1 is 0.917 bits per heavy atom. The first-order chi connectivity index (χ1) is 11.6. The van der Waals surface area contributed by atoms with Gasteiger partial charge in [0, 0.05) is 11.1 Å². The molecule has 1 heterocycles. The second kappa shape index (κ2) is 6.96. The van der Waals surface area contributed by atoms with Gasteiger partial charge in [-0.05, 0) is 19.9 Å². The summed E-state index contributed by atoms with van der Waals surface area (Å²) in [5.74, 6) is 1.00. The molecule has 0 bridgehead atoms. The molecule has 0 fully saturated rings. The number of carbonyl (C=O) groups excluding carboxylic acids is 1. The van der Waals surface area contributed by atoms with Gasteiger partial charge < -0.3 is 4.42 Å². The normalized spacial score (nSPS) is 10.2. The third-order valence-electron chi connectivity index (χ3n) is 3.65. The van der Waals surface area contributed by atoms with Gasteiger partial charge in [-0.25, -0.2) is 5.43 Å². The first-order valence-corrected chi connectivity index (χ1v) is 7.71. The van der Waals surface area contributed by atoms with Crippen LogP contribution in [0.15, 0.2) is 76.2 Å². The van der Waals surface area contributed by atoms with Crippen molar-refractivity contribution in [2.24, 2.45) is 5.10 Å². The predicted octanol–water partition coefficient (Wildman–Crippen LogP) is 4.08. The first-order valence-electron chi connectivity index (χ1n) is 7.71. The molecular formula is C20H18N2O2. The number of furan rings is 1. The van der Waals surface area contributed by atoms with E-state index in [1.807, 2.05) is 67.6 Å². The Morgan fingerprint density at radius 3 is 1.92 bits per heavy atom. The van der Waals surface area contributed by atoms with E-state index in [1.165, 1.54) is 0 Å². The highest BCUT2D eigenvalue weighted by Crippen LogP contribution is 2.14. The van der Waals surface area contributed by atoms with Crippen molar-refractivity contribution < 1.29 is 9.21 Å². The number of nitrogens with one attached hydrogen (secondary N) is 1. The van der Waals surface area contributed by atoms with E-state index in [9.17, 15) is 4.79 Å². The summed E-state index contributed by atoms with van der Waals surface area (Å²) < 4.78 is 5.40. The van der Waals surface area contributed by atoms with Crippen LogP contribution in [0.1, 0.15) is 33.0 Å². The highest BCUT2D eigenvalue weighted by Gasteiger charge is 2.14. The second-order valence-corrected chi connectivity index (χ2v) is 5.46. The van der Waals surface area contributed by atoms with Crippen molar-refractivity contribution in [3.8, 4) is 0 Å². The van der Waals surface area contributed by atoms with Crippen molar-refractivity contribution in [3.05, 3.63) is 94.9 Å². The molecule has 1 amide bonds. The molecule has 3 aromatic rings. The van der Waals surface area contributed by atoms with Gasteiger partial charge in [-0.1, -0.05) is 60.7 Å². The zero-order valence-corrected chi connectivity index (χ0v) is 13.6. The summed E-state index contributed by atoms with van der Waals surface area (Å²) in [7, 11) is 0. The highest BCUT2D eigenvalue weighted by molar-refractivity contribution is 6.13. The van der Waals surface area contributed by atoms with Crippen LogP contribution in [0.3, 0.4) is 0 Å². The van der Waals surface area contributed by atoms with Crippen molar-refractivity contribution >= 4 is 11.6 Å². The third-order valence-corrected chi connectivity index (χ3v) is 3.65. The maximum atomic E-state index is 12.4. The maximum absolute atomic E-state index is 12.4. The molecule has 0 unspecified atom stereocenters. The van der Waals surface area contributed by atoms with Gasteiger partial charge in [0.2, 0.25) is 0 Å². The molecule has 0 aliphatic carbocycles. The van der Waals surface area contributed by atoms with E-state index in [0.717, 1.165) is 11.1 Å². The Labute approximate surface area is 140 Å². The molecule has 1 N–H and O–H groups in total. The minimum absolute atomic E-state index is 0.284. The number of carbonyl (C=O) groups is 1. The van der Waals surface area contributed by atoms with E-state index in [2.05, 4.69) is 10.5 Å². The van der Waals surface area contributed by atoms with Gasteiger partial charge in [-0.15, -0.1) is 0 Å². The Hall–Kier alpha value is -3.14. The lowest BCUT2D eigenvalue weighted by atomic mass is 10.0. The van der Waals surface area contributed by atoms with E-state index in [0.29, 0.717) is 22.8 Å². The standard InChI is InChI=1S/C20H18N2O2/c1-14-13-18(15(2)24-14)20(23)22-21-19(16-9-5-3-6-10-16)17-11-7-4-8-12-17/h3-13H,1-2H3,(H,22,23). The van der Waals surface area contributed by atoms with Crippen LogP contribution in [0, 0.1) is 13.8 Å². The average molecular weight is 318 g/mol. The average Bonchev–Trinajstić information content (AvgIpc) is 2.95. The van der Waals surface area contributed by atoms with E-state index in [-0.39, 0.29) is 5.91 Å². The molecule has 4 heteroatoms. The summed E-state index contributed by atoms with van der Waals surface area (Å²) in [5.41, 5.74) is 5.72. The predicted molar refractivity (Wildman–Crippen MR) is 94.2 cm³/mol. The minimum Gasteiger partial charge on any atom is -0.466 e. The highest BCUT2D eigenvalue weighted by atomic mass is 16.3. The number of nitrogens with zero attached hydrogens (tertiary/aromatic N) is 1. The number of hydrogen-bond acceptors (Lipinski definition) is 3. The summed E-state index contributed by atoms with van der Waals surface area (Å²) >= 11 is 0. The van der Waals surface area contributed by atoms with Crippen LogP contribution in [0.5, 0.6) is 0 Å². The number of hydrogen-bond donors (Lipinski definition) is 1. The molecule has 0 aliphatic rings. The van der Waals surface area contributed by atoms with Gasteiger partial charge in [-0.3, -0.25) is 4.79 Å². The van der Waals surface area contributed by atoms with Gasteiger partial charge in [-0.2, -0.15) is 5.10 Å². The van der Waals surface area contributed by atoms with Crippen LogP contribution in [0.4, 0.5) is 0 Å². The fourth-order valence-electron chi connectivity index (χ4n) is 2.51. The number of rotatable bonds is 4. The molecule has 0 radical (unpaired) electrons. The third kappa shape index (κ3) is 3.43. The number of amides is 1. The monoisotopic (exact) mass is 318 g/mol. The molecule has 0 atom stereocenters. The van der Waals surface area contributed by atoms with Crippen LogP contribution >= 0.6 is 0 Å². The lowest BCUT2D eigenvalue weighted by Gasteiger charge is -2.07. The van der Waals surface area contributed by atoms with Crippen molar-refractivity contribution in [1.29, 1.82) is 0 Å². The zero-order valence-electron chi connectivity index (χ0n) is 13.6. The molecule has 2 aromatic carbocycles. The van der Waals surface area contributed by atoms with E-state index in [1.54, 1.807) is 13.0 Å². The van der Waals surface area contributed by atoms with Gasteiger partial charge >= 0.3 is 0 Å². The Morgan fingerprint density at radius 2 is 1.46 bits per heavy atom. The molecule has 24 heavy (non-hydrogen) atoms. The summed E-state index contributed by atoms with van der Waals surface area (Å²) in [6, 6.07) is 21.2. The maximum Gasteiger partial charge on any atom is 0.274 e. The minimum atomic E-state index is -0.284. The van der Waals surface area contributed by atoms with Crippen LogP contribution in [-0.4, -0.2) is 11.6 Å². The van der Waals surface area contributed by atoms with E-state index < -0.39 is 0 Å². The van der Waals surface area contributed by atoms with Crippen molar-refractivity contribution in [1.82, 2.24) is 5.43 Å². The van der Waals surface area contributed by atoms with Crippen LogP contribution in [0.2, 0.25) is 0 Å². The van der Waals surface area contributed by atoms with Crippen molar-refractivity contribution in [2.75, 3.05) is 0 Å². The zero-order chi connectivity index (χ0) is 16.9. The van der Waals surface area contributed by atoms with Crippen LogP contribution < -0.4 is 5.43 Å². The molecule has 0 saturated heterocycles. The Bertz CT molecular complexity index is 824. The fourth-order valence-corrected chi connectivity index (χ4v) is 2.51. The second-order valence-electron chi connectivity index (χ2n) is 5.46. The molecule has 1 aromatic heterocycles. The van der Waals surface area contributed by atoms with Gasteiger partial charge in [0.05, 0.1) is 11.3 Å². The largest absolute Gasteiger partial charge is 0.466 e. The molecule has 4 nitrogen and oxygen atoms in total. The Balaban J connectivity index is 1.93. The molecular weight excluding hydrogens is 300 g/mol. The number of benzene rings is 2. The molecule has 0 aliphatic heterocycles. The van der Waals surface area contributed by atoms with Crippen molar-refractivity contribution in [2.45, 2.75) is 13.8 Å². The molecule has 0 spiro atoms. The summed E-state index contributed by atoms with van der Waals surface area (Å²) in [6.07, 6.45) is 0. The quantitative estimate of drug-likeness (QED) is 0.582. The van der Waals surface area contributed by atoms with Gasteiger partial charge in [0.25, 0.3) is 5.91 Å². The number of aryl methyl sites for hydroxylation is 2. The molecule has 0 saturated carbocycles. The summed E-state index contributed by atoms with van der Waals surface area (Å²) in [6.45, 7) is 3.58. The first kappa shape index (κ1) is 15.7. The lowest BCUT2D eigenvalue weighted by Crippen LogP contribution is -2.20. The van der Waals surface area contributed by atoms with Gasteiger partial charge in [0.1, 0.15) is 11.5 Å². The molecule has 3 rings (SSSR count). The van der Waals surface area contributed by atoms with Crippen molar-refractivity contribution in [3.63, 3.8) is 0 Å². The van der Waals surface area contributed by atoms with E-state index >= 15 is 0 Å². The van der Waals surface area contributed by atoms with Gasteiger partial charge in [0.15, 0.2) is 0 Å². The summed E-state index contributed by atoms with van der Waals surface area (Å²) in [4.78, 5) is 12.4. The number of hydrazone groups is 1. The summed E-state index contributed by atoms with van der Waals surface area (Å²) in [5, 5.41) is 4.37.